The van der Waals surface area contributed by atoms with Crippen LogP contribution in [0.4, 0.5) is 5.69 Å². The van der Waals surface area contributed by atoms with Gasteiger partial charge in [0.15, 0.2) is 6.10 Å². The first kappa shape index (κ1) is 17.7. The van der Waals surface area contributed by atoms with Crippen LogP contribution in [-0.4, -0.2) is 42.9 Å². The van der Waals surface area contributed by atoms with Gasteiger partial charge >= 0.3 is 0 Å². The number of rotatable bonds is 3. The van der Waals surface area contributed by atoms with E-state index in [9.17, 15) is 9.59 Å². The summed E-state index contributed by atoms with van der Waals surface area (Å²) in [6.07, 6.45) is -1.22. The zero-order valence-corrected chi connectivity index (χ0v) is 16.5. The highest BCUT2D eigenvalue weighted by Gasteiger charge is 2.72. The van der Waals surface area contributed by atoms with Crippen LogP contribution in [0.5, 0.6) is 5.75 Å². The van der Waals surface area contributed by atoms with Gasteiger partial charge in [-0.1, -0.05) is 22.9 Å². The number of hydrogen-bond donors (Lipinski definition) is 0. The number of carbonyl (C=O) groups is 2. The lowest BCUT2D eigenvalue weighted by atomic mass is 9.71. The summed E-state index contributed by atoms with van der Waals surface area (Å²) in [5, 5.41) is 4.31. The van der Waals surface area contributed by atoms with Gasteiger partial charge < -0.3 is 14.3 Å². The van der Waals surface area contributed by atoms with Gasteiger partial charge in [-0.15, -0.1) is 0 Å². The van der Waals surface area contributed by atoms with Gasteiger partial charge in [0.1, 0.15) is 11.9 Å². The molecule has 0 aliphatic carbocycles. The summed E-state index contributed by atoms with van der Waals surface area (Å²) in [6, 6.07) is 15.0. The fourth-order valence-electron chi connectivity index (χ4n) is 5.31. The van der Waals surface area contributed by atoms with E-state index in [2.05, 4.69) is 5.16 Å². The molecule has 3 fully saturated rings. The molecule has 4 aliphatic rings. The summed E-state index contributed by atoms with van der Waals surface area (Å²) >= 11 is 0. The largest absolute Gasteiger partial charge is 0.497 e. The molecule has 152 valence electrons. The molecule has 3 saturated heterocycles. The summed E-state index contributed by atoms with van der Waals surface area (Å²) in [4.78, 5) is 33.6. The average molecular weight is 404 g/mol. The lowest BCUT2D eigenvalue weighted by molar-refractivity contribution is -0.125. The first-order chi connectivity index (χ1) is 14.6. The molecule has 4 aliphatic heterocycles. The molecule has 6 atom stereocenters. The van der Waals surface area contributed by atoms with Crippen LogP contribution in [-0.2, 0) is 19.2 Å². The van der Waals surface area contributed by atoms with Gasteiger partial charge in [0, 0.05) is 5.56 Å². The van der Waals surface area contributed by atoms with Crippen LogP contribution in [0.1, 0.15) is 11.1 Å². The maximum atomic E-state index is 13.3. The van der Waals surface area contributed by atoms with E-state index >= 15 is 0 Å². The number of methoxy groups -OCH3 is 1. The van der Waals surface area contributed by atoms with Crippen LogP contribution >= 0.6 is 0 Å². The van der Waals surface area contributed by atoms with Crippen molar-refractivity contribution in [1.82, 2.24) is 0 Å². The normalized spacial score (nSPS) is 33.4. The van der Waals surface area contributed by atoms with E-state index in [0.29, 0.717) is 5.69 Å². The molecular weight excluding hydrogens is 384 g/mol. The van der Waals surface area contributed by atoms with Gasteiger partial charge in [0.05, 0.1) is 42.4 Å². The molecule has 7 nitrogen and oxygen atoms in total. The number of carbonyl (C=O) groups excluding carboxylic acids is 2. The highest BCUT2D eigenvalue weighted by atomic mass is 16.7. The Kier molecular flexibility index (Phi) is 3.62. The van der Waals surface area contributed by atoms with Crippen molar-refractivity contribution < 1.29 is 23.9 Å². The second-order valence-electron chi connectivity index (χ2n) is 8.27. The van der Waals surface area contributed by atoms with Crippen molar-refractivity contribution in [3.8, 4) is 5.75 Å². The van der Waals surface area contributed by atoms with Gasteiger partial charge in [-0.25, -0.2) is 4.90 Å². The molecule has 0 aromatic heterocycles. The third-order valence-corrected chi connectivity index (χ3v) is 6.72. The molecule has 2 aromatic carbocycles. The second kappa shape index (κ2) is 6.15. The van der Waals surface area contributed by atoms with Crippen molar-refractivity contribution in [1.29, 1.82) is 0 Å². The molecule has 30 heavy (non-hydrogen) atoms. The predicted molar refractivity (Wildman–Crippen MR) is 107 cm³/mol. The molecule has 0 spiro atoms. The lowest BCUT2D eigenvalue weighted by Gasteiger charge is -2.26. The fourth-order valence-corrected chi connectivity index (χ4v) is 5.31. The van der Waals surface area contributed by atoms with E-state index in [0.717, 1.165) is 22.6 Å². The molecule has 6 rings (SSSR count). The van der Waals surface area contributed by atoms with Gasteiger partial charge in [0.2, 0.25) is 11.8 Å². The monoisotopic (exact) mass is 404 g/mol. The number of aryl methyl sites for hydroxylation is 1. The maximum Gasteiger partial charge on any atom is 0.240 e. The smallest absolute Gasteiger partial charge is 0.240 e. The van der Waals surface area contributed by atoms with Crippen molar-refractivity contribution in [2.75, 3.05) is 12.0 Å². The Morgan fingerprint density at radius 1 is 0.867 bits per heavy atom. The molecule has 4 heterocycles. The minimum Gasteiger partial charge on any atom is -0.497 e. The number of benzene rings is 2. The maximum absolute atomic E-state index is 13.3. The number of imide groups is 1. The number of amides is 2. The van der Waals surface area contributed by atoms with Gasteiger partial charge in [-0.3, -0.25) is 9.59 Å². The Morgan fingerprint density at radius 2 is 1.53 bits per heavy atom. The van der Waals surface area contributed by atoms with Gasteiger partial charge in [-0.05, 0) is 43.3 Å². The van der Waals surface area contributed by atoms with Crippen molar-refractivity contribution >= 4 is 23.2 Å². The Morgan fingerprint density at radius 3 is 2.20 bits per heavy atom. The highest BCUT2D eigenvalue weighted by Crippen LogP contribution is 2.55. The zero-order valence-electron chi connectivity index (χ0n) is 16.5. The number of nitrogens with zero attached hydrogens (tertiary/aromatic N) is 2. The molecule has 6 unspecified atom stereocenters. The van der Waals surface area contributed by atoms with Crippen molar-refractivity contribution in [3.05, 3.63) is 59.7 Å². The zero-order chi connectivity index (χ0) is 20.6. The third-order valence-electron chi connectivity index (χ3n) is 6.72. The first-order valence-electron chi connectivity index (χ1n) is 10.1. The summed E-state index contributed by atoms with van der Waals surface area (Å²) in [7, 11) is 1.62. The van der Waals surface area contributed by atoms with Crippen LogP contribution in [0, 0.1) is 24.7 Å². The Balaban J connectivity index is 1.33. The molecule has 0 saturated carbocycles. The van der Waals surface area contributed by atoms with Gasteiger partial charge in [0.25, 0.3) is 0 Å². The van der Waals surface area contributed by atoms with E-state index in [1.54, 1.807) is 7.11 Å². The molecular formula is C23H20N2O5. The van der Waals surface area contributed by atoms with E-state index in [1.807, 2.05) is 55.5 Å². The van der Waals surface area contributed by atoms with Crippen molar-refractivity contribution in [2.24, 2.45) is 22.9 Å². The fraction of sp³-hybridized carbons (Fsp3) is 0.348. The summed E-state index contributed by atoms with van der Waals surface area (Å²) < 4.78 is 11.4. The molecule has 0 N–H and O–H groups in total. The van der Waals surface area contributed by atoms with E-state index in [1.165, 1.54) is 4.90 Å². The number of oxime groups is 1. The van der Waals surface area contributed by atoms with Crippen LogP contribution in [0.25, 0.3) is 0 Å². The number of fused-ring (bicyclic) bond motifs is 8. The first-order valence-corrected chi connectivity index (χ1v) is 10.1. The summed E-state index contributed by atoms with van der Waals surface area (Å²) in [5.41, 5.74) is 3.36. The van der Waals surface area contributed by atoms with Gasteiger partial charge in [-0.2, -0.15) is 0 Å². The van der Waals surface area contributed by atoms with Crippen LogP contribution in [0.3, 0.4) is 0 Å². The molecule has 2 amide bonds. The third kappa shape index (κ3) is 2.21. The quantitative estimate of drug-likeness (QED) is 0.734. The lowest BCUT2D eigenvalue weighted by Crippen LogP contribution is -2.45. The van der Waals surface area contributed by atoms with E-state index in [-0.39, 0.29) is 23.8 Å². The summed E-state index contributed by atoms with van der Waals surface area (Å²) in [5.74, 6) is -0.837. The van der Waals surface area contributed by atoms with Crippen molar-refractivity contribution in [3.63, 3.8) is 0 Å². The number of anilines is 1. The standard InChI is InChI=1S/C23H20N2O5/c1-11-3-7-13(8-4-11)25-22(26)15-16(23(25)27)20-21-17(19(15)29-20)18(24-30-21)12-5-9-14(28-2)10-6-12/h3-10,15-17,19-21H,1-2H3. The Bertz CT molecular complexity index is 1080. The van der Waals surface area contributed by atoms with E-state index < -0.39 is 24.0 Å². The average Bonchev–Trinajstić information content (AvgIpc) is 3.49. The van der Waals surface area contributed by atoms with Crippen LogP contribution < -0.4 is 9.64 Å². The topological polar surface area (TPSA) is 77.4 Å². The van der Waals surface area contributed by atoms with E-state index in [4.69, 9.17) is 14.3 Å². The highest BCUT2D eigenvalue weighted by molar-refractivity contribution is 6.23. The van der Waals surface area contributed by atoms with Crippen molar-refractivity contribution in [2.45, 2.75) is 25.2 Å². The predicted octanol–water partition coefficient (Wildman–Crippen LogP) is 2.31. The SMILES string of the molecule is COc1ccc(C2=NOC3C4OC(C23)C2C(=O)N(c3ccc(C)cc3)C(=O)C42)cc1. The Hall–Kier alpha value is -3.19. The second-order valence-corrected chi connectivity index (χ2v) is 8.27. The van der Waals surface area contributed by atoms with Crippen LogP contribution in [0.15, 0.2) is 53.7 Å². The Labute approximate surface area is 173 Å². The minimum atomic E-state index is -0.518. The minimum absolute atomic E-state index is 0.167. The number of hydrogen-bond acceptors (Lipinski definition) is 6. The summed E-state index contributed by atoms with van der Waals surface area (Å²) in [6.45, 7) is 1.97. The molecule has 2 bridgehead atoms. The molecule has 0 radical (unpaired) electrons. The molecule has 2 aromatic rings. The van der Waals surface area contributed by atoms with Crippen LogP contribution in [0.2, 0.25) is 0 Å². The molecule has 7 heteroatoms. The number of ether oxygens (including phenoxy) is 2.